The molecule has 70 valence electrons. The molecule has 0 rings (SSSR count). The molecule has 0 aromatic carbocycles. The highest BCUT2D eigenvalue weighted by Gasteiger charge is 2.00. The SMILES string of the molecule is CCOC(=O)CNNC(=O)NN. The zero-order chi connectivity index (χ0) is 9.40. The number of hydrogen-bond donors (Lipinski definition) is 4. The molecule has 0 bridgehead atoms. The summed E-state index contributed by atoms with van der Waals surface area (Å²) in [5.41, 5.74) is 6.21. The van der Waals surface area contributed by atoms with Gasteiger partial charge in [-0.25, -0.2) is 16.1 Å². The molecule has 0 radical (unpaired) electrons. The number of nitrogens with one attached hydrogen (secondary N) is 3. The highest BCUT2D eigenvalue weighted by atomic mass is 16.5. The van der Waals surface area contributed by atoms with E-state index in [2.05, 4.69) is 15.6 Å². The molecule has 0 aliphatic rings. The Morgan fingerprint density at radius 2 is 2.17 bits per heavy atom. The standard InChI is InChI=1S/C5H12N4O3/c1-2-12-4(10)3-7-9-5(11)8-6/h7H,2-3,6H2,1H3,(H2,8,9,11). The van der Waals surface area contributed by atoms with Crippen LogP contribution in [0, 0.1) is 0 Å². The van der Waals surface area contributed by atoms with Crippen LogP contribution in [0.5, 0.6) is 0 Å². The van der Waals surface area contributed by atoms with Gasteiger partial charge in [0.05, 0.1) is 6.61 Å². The Balaban J connectivity index is 3.30. The number of urea groups is 1. The Labute approximate surface area is 69.6 Å². The van der Waals surface area contributed by atoms with Crippen molar-refractivity contribution in [3.05, 3.63) is 0 Å². The minimum absolute atomic E-state index is 0.0960. The first-order valence-electron chi connectivity index (χ1n) is 3.35. The predicted octanol–water partition coefficient (Wildman–Crippen LogP) is -1.77. The molecule has 0 aromatic heterocycles. The van der Waals surface area contributed by atoms with E-state index in [0.717, 1.165) is 0 Å². The summed E-state index contributed by atoms with van der Waals surface area (Å²) in [6.45, 7) is 1.91. The van der Waals surface area contributed by atoms with Crippen molar-refractivity contribution >= 4 is 12.0 Å². The van der Waals surface area contributed by atoms with Crippen LogP contribution in [0.4, 0.5) is 4.79 Å². The molecule has 7 nitrogen and oxygen atoms in total. The van der Waals surface area contributed by atoms with Gasteiger partial charge in [0.1, 0.15) is 6.54 Å². The molecule has 0 spiro atoms. The van der Waals surface area contributed by atoms with Gasteiger partial charge in [0.2, 0.25) is 0 Å². The molecule has 0 aliphatic carbocycles. The molecular formula is C5H12N4O3. The van der Waals surface area contributed by atoms with Gasteiger partial charge in [0.15, 0.2) is 0 Å². The lowest BCUT2D eigenvalue weighted by atomic mass is 10.7. The van der Waals surface area contributed by atoms with Crippen LogP contribution in [-0.2, 0) is 9.53 Å². The van der Waals surface area contributed by atoms with Gasteiger partial charge in [-0.1, -0.05) is 0 Å². The van der Waals surface area contributed by atoms with Crippen molar-refractivity contribution in [1.29, 1.82) is 0 Å². The number of hydrogen-bond acceptors (Lipinski definition) is 5. The van der Waals surface area contributed by atoms with E-state index in [9.17, 15) is 9.59 Å². The first-order chi connectivity index (χ1) is 5.70. The first kappa shape index (κ1) is 10.7. The number of carbonyl (C=O) groups excluding carboxylic acids is 2. The second-order valence-electron chi connectivity index (χ2n) is 1.76. The maximum atomic E-state index is 10.6. The van der Waals surface area contributed by atoms with E-state index in [1.807, 2.05) is 0 Å². The summed E-state index contributed by atoms with van der Waals surface area (Å²) in [6.07, 6.45) is 0. The molecule has 0 aromatic rings. The van der Waals surface area contributed by atoms with Crippen molar-refractivity contribution in [3.63, 3.8) is 0 Å². The minimum atomic E-state index is -0.626. The Morgan fingerprint density at radius 3 is 2.67 bits per heavy atom. The topological polar surface area (TPSA) is 105 Å². The van der Waals surface area contributed by atoms with Crippen LogP contribution in [0.1, 0.15) is 6.92 Å². The van der Waals surface area contributed by atoms with E-state index < -0.39 is 12.0 Å². The van der Waals surface area contributed by atoms with Crippen molar-refractivity contribution in [2.75, 3.05) is 13.2 Å². The molecule has 2 amide bonds. The summed E-state index contributed by atoms with van der Waals surface area (Å²) < 4.78 is 4.55. The fourth-order valence-corrected chi connectivity index (χ4v) is 0.445. The number of nitrogens with two attached hydrogens (primary N) is 1. The highest BCUT2D eigenvalue weighted by Crippen LogP contribution is 1.72. The average Bonchev–Trinajstić information content (AvgIpc) is 2.04. The molecule has 0 fully saturated rings. The van der Waals surface area contributed by atoms with Crippen LogP contribution in [-0.4, -0.2) is 25.2 Å². The maximum Gasteiger partial charge on any atom is 0.343 e. The van der Waals surface area contributed by atoms with Crippen molar-refractivity contribution in [2.24, 2.45) is 5.84 Å². The van der Waals surface area contributed by atoms with E-state index in [1.54, 1.807) is 12.3 Å². The summed E-state index contributed by atoms with van der Waals surface area (Å²) in [4.78, 5) is 21.0. The number of hydrazine groups is 2. The number of ether oxygens (including phenoxy) is 1. The van der Waals surface area contributed by atoms with E-state index in [1.165, 1.54) is 0 Å². The largest absolute Gasteiger partial charge is 0.465 e. The Hall–Kier alpha value is -1.34. The lowest BCUT2D eigenvalue weighted by Gasteiger charge is -2.05. The van der Waals surface area contributed by atoms with E-state index >= 15 is 0 Å². The molecule has 0 atom stereocenters. The third-order valence-electron chi connectivity index (χ3n) is 0.871. The van der Waals surface area contributed by atoms with Crippen LogP contribution >= 0.6 is 0 Å². The summed E-state index contributed by atoms with van der Waals surface area (Å²) in [6, 6.07) is -0.626. The van der Waals surface area contributed by atoms with Crippen molar-refractivity contribution in [3.8, 4) is 0 Å². The summed E-state index contributed by atoms with van der Waals surface area (Å²) >= 11 is 0. The van der Waals surface area contributed by atoms with Gasteiger partial charge in [0.25, 0.3) is 0 Å². The van der Waals surface area contributed by atoms with Gasteiger partial charge < -0.3 is 4.74 Å². The van der Waals surface area contributed by atoms with Crippen molar-refractivity contribution in [2.45, 2.75) is 6.92 Å². The fourth-order valence-electron chi connectivity index (χ4n) is 0.445. The molecule has 12 heavy (non-hydrogen) atoms. The van der Waals surface area contributed by atoms with Crippen molar-refractivity contribution < 1.29 is 14.3 Å². The fraction of sp³-hybridized carbons (Fsp3) is 0.600. The molecule has 0 unspecified atom stereocenters. The van der Waals surface area contributed by atoms with E-state index in [4.69, 9.17) is 5.84 Å². The number of rotatable bonds is 4. The zero-order valence-corrected chi connectivity index (χ0v) is 6.72. The van der Waals surface area contributed by atoms with Gasteiger partial charge in [-0.15, -0.1) is 0 Å². The minimum Gasteiger partial charge on any atom is -0.465 e. The summed E-state index contributed by atoms with van der Waals surface area (Å²) in [7, 11) is 0. The molecule has 7 heteroatoms. The summed E-state index contributed by atoms with van der Waals surface area (Å²) in [5, 5.41) is 0. The summed E-state index contributed by atoms with van der Waals surface area (Å²) in [5.74, 6) is 4.28. The number of esters is 1. The maximum absolute atomic E-state index is 10.6. The van der Waals surface area contributed by atoms with Crippen LogP contribution in [0.15, 0.2) is 0 Å². The number of amides is 2. The monoisotopic (exact) mass is 176 g/mol. The smallest absolute Gasteiger partial charge is 0.343 e. The third kappa shape index (κ3) is 5.45. The molecule has 0 saturated heterocycles. The lowest BCUT2D eigenvalue weighted by molar-refractivity contribution is -0.142. The van der Waals surface area contributed by atoms with Crippen LogP contribution in [0.2, 0.25) is 0 Å². The van der Waals surface area contributed by atoms with Crippen LogP contribution in [0.25, 0.3) is 0 Å². The van der Waals surface area contributed by atoms with Gasteiger partial charge >= 0.3 is 12.0 Å². The average molecular weight is 176 g/mol. The second kappa shape index (κ2) is 6.38. The Morgan fingerprint density at radius 1 is 1.50 bits per heavy atom. The quantitative estimate of drug-likeness (QED) is 0.175. The molecule has 5 N–H and O–H groups in total. The zero-order valence-electron chi connectivity index (χ0n) is 6.72. The van der Waals surface area contributed by atoms with Gasteiger partial charge in [-0.2, -0.15) is 0 Å². The Bertz CT molecular complexity index is 161. The molecule has 0 aliphatic heterocycles. The van der Waals surface area contributed by atoms with Gasteiger partial charge in [0, 0.05) is 0 Å². The molecular weight excluding hydrogens is 164 g/mol. The van der Waals surface area contributed by atoms with E-state index in [0.29, 0.717) is 6.61 Å². The van der Waals surface area contributed by atoms with Gasteiger partial charge in [-0.05, 0) is 6.92 Å². The molecule has 0 saturated carbocycles. The Kier molecular flexibility index (Phi) is 5.66. The predicted molar refractivity (Wildman–Crippen MR) is 40.5 cm³/mol. The highest BCUT2D eigenvalue weighted by molar-refractivity contribution is 5.74. The first-order valence-corrected chi connectivity index (χ1v) is 3.35. The van der Waals surface area contributed by atoms with Crippen LogP contribution < -0.4 is 22.1 Å². The van der Waals surface area contributed by atoms with E-state index in [-0.39, 0.29) is 6.54 Å². The molecule has 0 heterocycles. The third-order valence-corrected chi connectivity index (χ3v) is 0.871. The lowest BCUT2D eigenvalue weighted by Crippen LogP contribution is -2.48. The van der Waals surface area contributed by atoms with Crippen LogP contribution in [0.3, 0.4) is 0 Å². The normalized spacial score (nSPS) is 8.83. The number of carbonyl (C=O) groups is 2. The van der Waals surface area contributed by atoms with Gasteiger partial charge in [-0.3, -0.25) is 15.6 Å². The second-order valence-corrected chi connectivity index (χ2v) is 1.76. The van der Waals surface area contributed by atoms with Crippen molar-refractivity contribution in [1.82, 2.24) is 16.3 Å².